The molecule has 2 aromatic carbocycles. The molecule has 0 saturated carbocycles. The standard InChI is InChI=1S/C17H15N3O2/c1-12-7-9-13(10-8-12)11-15(21)18-17-20-19-16(22-17)14-5-3-2-4-6-14/h2-10H,11H2,1H3,(H,18,20,21). The van der Waals surface area contributed by atoms with Gasteiger partial charge in [-0.3, -0.25) is 10.1 Å². The van der Waals surface area contributed by atoms with Gasteiger partial charge < -0.3 is 4.42 Å². The van der Waals surface area contributed by atoms with E-state index in [4.69, 9.17) is 4.42 Å². The van der Waals surface area contributed by atoms with Crippen LogP contribution in [0.15, 0.2) is 59.0 Å². The molecule has 3 aromatic rings. The Labute approximate surface area is 128 Å². The largest absolute Gasteiger partial charge is 0.403 e. The zero-order chi connectivity index (χ0) is 15.4. The number of rotatable bonds is 4. The van der Waals surface area contributed by atoms with Gasteiger partial charge in [-0.05, 0) is 24.6 Å². The number of anilines is 1. The SMILES string of the molecule is Cc1ccc(CC(=O)Nc2nnc(-c3ccccc3)o2)cc1. The molecule has 0 saturated heterocycles. The van der Waals surface area contributed by atoms with E-state index < -0.39 is 0 Å². The molecule has 1 N–H and O–H groups in total. The molecule has 0 unspecified atom stereocenters. The Balaban J connectivity index is 1.65. The number of nitrogens with one attached hydrogen (secondary N) is 1. The van der Waals surface area contributed by atoms with Crippen LogP contribution in [-0.2, 0) is 11.2 Å². The molecular weight excluding hydrogens is 278 g/mol. The highest BCUT2D eigenvalue weighted by atomic mass is 16.4. The van der Waals surface area contributed by atoms with E-state index in [1.165, 1.54) is 0 Å². The minimum absolute atomic E-state index is 0.107. The maximum atomic E-state index is 12.0. The van der Waals surface area contributed by atoms with Crippen molar-refractivity contribution >= 4 is 11.9 Å². The zero-order valence-corrected chi connectivity index (χ0v) is 12.1. The number of hydrogen-bond acceptors (Lipinski definition) is 4. The number of carbonyl (C=O) groups is 1. The van der Waals surface area contributed by atoms with Gasteiger partial charge in [-0.15, -0.1) is 5.10 Å². The summed E-state index contributed by atoms with van der Waals surface area (Å²) in [6.45, 7) is 2.01. The van der Waals surface area contributed by atoms with Crippen molar-refractivity contribution < 1.29 is 9.21 Å². The Morgan fingerprint density at radius 3 is 2.50 bits per heavy atom. The number of benzene rings is 2. The summed E-state index contributed by atoms with van der Waals surface area (Å²) in [5.74, 6) is 0.193. The summed E-state index contributed by atoms with van der Waals surface area (Å²) in [7, 11) is 0. The van der Waals surface area contributed by atoms with Crippen LogP contribution in [0.5, 0.6) is 0 Å². The van der Waals surface area contributed by atoms with Crippen LogP contribution < -0.4 is 5.32 Å². The van der Waals surface area contributed by atoms with Crippen molar-refractivity contribution in [2.24, 2.45) is 0 Å². The Morgan fingerprint density at radius 2 is 1.77 bits per heavy atom. The first-order valence-corrected chi connectivity index (χ1v) is 6.95. The number of amides is 1. The molecule has 0 radical (unpaired) electrons. The molecule has 110 valence electrons. The lowest BCUT2D eigenvalue weighted by Gasteiger charge is -2.01. The molecule has 0 bridgehead atoms. The van der Waals surface area contributed by atoms with Crippen LogP contribution in [-0.4, -0.2) is 16.1 Å². The summed E-state index contributed by atoms with van der Waals surface area (Å²) >= 11 is 0. The fourth-order valence-corrected chi connectivity index (χ4v) is 2.03. The Hall–Kier alpha value is -2.95. The van der Waals surface area contributed by atoms with Crippen LogP contribution in [0.2, 0.25) is 0 Å². The van der Waals surface area contributed by atoms with Crippen LogP contribution in [0.3, 0.4) is 0 Å². The maximum absolute atomic E-state index is 12.0. The lowest BCUT2D eigenvalue weighted by atomic mass is 10.1. The van der Waals surface area contributed by atoms with E-state index in [1.54, 1.807) is 0 Å². The van der Waals surface area contributed by atoms with Crippen LogP contribution in [0.4, 0.5) is 6.01 Å². The van der Waals surface area contributed by atoms with Crippen molar-refractivity contribution in [1.29, 1.82) is 0 Å². The van der Waals surface area contributed by atoms with E-state index in [2.05, 4.69) is 15.5 Å². The molecule has 0 spiro atoms. The van der Waals surface area contributed by atoms with E-state index >= 15 is 0 Å². The number of hydrogen-bond donors (Lipinski definition) is 1. The van der Waals surface area contributed by atoms with Gasteiger partial charge in [0.05, 0.1) is 6.42 Å². The van der Waals surface area contributed by atoms with Gasteiger partial charge in [0.25, 0.3) is 0 Å². The number of carbonyl (C=O) groups excluding carboxylic acids is 1. The van der Waals surface area contributed by atoms with Gasteiger partial charge in [-0.25, -0.2) is 0 Å². The van der Waals surface area contributed by atoms with Crippen molar-refractivity contribution in [3.63, 3.8) is 0 Å². The normalized spacial score (nSPS) is 10.4. The van der Waals surface area contributed by atoms with E-state index in [-0.39, 0.29) is 18.3 Å². The number of aromatic nitrogens is 2. The van der Waals surface area contributed by atoms with Crippen LogP contribution in [0.1, 0.15) is 11.1 Å². The molecule has 0 fully saturated rings. The molecule has 0 aliphatic rings. The van der Waals surface area contributed by atoms with E-state index in [0.717, 1.165) is 16.7 Å². The molecule has 5 heteroatoms. The topological polar surface area (TPSA) is 68.0 Å². The first kappa shape index (κ1) is 14.0. The Kier molecular flexibility index (Phi) is 3.96. The molecule has 5 nitrogen and oxygen atoms in total. The highest BCUT2D eigenvalue weighted by Gasteiger charge is 2.11. The second-order valence-corrected chi connectivity index (χ2v) is 4.99. The third-order valence-electron chi connectivity index (χ3n) is 3.18. The summed E-state index contributed by atoms with van der Waals surface area (Å²) in [4.78, 5) is 12.0. The average molecular weight is 293 g/mol. The molecular formula is C17H15N3O2. The quantitative estimate of drug-likeness (QED) is 0.802. The molecule has 1 aromatic heterocycles. The van der Waals surface area contributed by atoms with Gasteiger partial charge in [0.1, 0.15) is 0 Å². The molecule has 0 aliphatic carbocycles. The summed E-state index contributed by atoms with van der Waals surface area (Å²) in [6.07, 6.45) is 0.267. The van der Waals surface area contributed by atoms with Crippen molar-refractivity contribution in [2.45, 2.75) is 13.3 Å². The van der Waals surface area contributed by atoms with E-state index in [9.17, 15) is 4.79 Å². The zero-order valence-electron chi connectivity index (χ0n) is 12.1. The van der Waals surface area contributed by atoms with Gasteiger partial charge in [-0.1, -0.05) is 53.1 Å². The lowest BCUT2D eigenvalue weighted by Crippen LogP contribution is -2.14. The predicted molar refractivity (Wildman–Crippen MR) is 83.2 cm³/mol. The van der Waals surface area contributed by atoms with Crippen LogP contribution >= 0.6 is 0 Å². The van der Waals surface area contributed by atoms with Crippen molar-refractivity contribution in [2.75, 3.05) is 5.32 Å². The third kappa shape index (κ3) is 3.38. The number of aryl methyl sites for hydroxylation is 1. The van der Waals surface area contributed by atoms with Gasteiger partial charge in [-0.2, -0.15) is 0 Å². The minimum Gasteiger partial charge on any atom is -0.403 e. The monoisotopic (exact) mass is 293 g/mol. The van der Waals surface area contributed by atoms with Gasteiger partial charge in [0.2, 0.25) is 11.8 Å². The second-order valence-electron chi connectivity index (χ2n) is 4.99. The highest BCUT2D eigenvalue weighted by Crippen LogP contribution is 2.19. The summed E-state index contributed by atoms with van der Waals surface area (Å²) in [5, 5.41) is 10.4. The maximum Gasteiger partial charge on any atom is 0.322 e. The first-order chi connectivity index (χ1) is 10.7. The van der Waals surface area contributed by atoms with E-state index in [0.29, 0.717) is 5.89 Å². The van der Waals surface area contributed by atoms with E-state index in [1.807, 2.05) is 61.5 Å². The molecule has 3 rings (SSSR count). The molecule has 0 atom stereocenters. The Bertz CT molecular complexity index is 764. The van der Waals surface area contributed by atoms with Crippen molar-refractivity contribution in [3.05, 3.63) is 65.7 Å². The van der Waals surface area contributed by atoms with Crippen molar-refractivity contribution in [3.8, 4) is 11.5 Å². The molecule has 0 aliphatic heterocycles. The molecule has 1 amide bonds. The van der Waals surface area contributed by atoms with Crippen LogP contribution in [0.25, 0.3) is 11.5 Å². The average Bonchev–Trinajstić information content (AvgIpc) is 2.99. The smallest absolute Gasteiger partial charge is 0.322 e. The van der Waals surface area contributed by atoms with Gasteiger partial charge in [0, 0.05) is 5.56 Å². The summed E-state index contributed by atoms with van der Waals surface area (Å²) in [6, 6.07) is 17.3. The second kappa shape index (κ2) is 6.22. The van der Waals surface area contributed by atoms with Crippen molar-refractivity contribution in [1.82, 2.24) is 10.2 Å². The third-order valence-corrected chi connectivity index (χ3v) is 3.18. The highest BCUT2D eigenvalue weighted by molar-refractivity contribution is 5.90. The van der Waals surface area contributed by atoms with Crippen LogP contribution in [0, 0.1) is 6.92 Å². The minimum atomic E-state index is -0.188. The number of nitrogens with zero attached hydrogens (tertiary/aromatic N) is 2. The summed E-state index contributed by atoms with van der Waals surface area (Å²) < 4.78 is 5.44. The predicted octanol–water partition coefficient (Wildman–Crippen LogP) is 3.23. The van der Waals surface area contributed by atoms with Gasteiger partial charge >= 0.3 is 6.01 Å². The lowest BCUT2D eigenvalue weighted by molar-refractivity contribution is -0.115. The first-order valence-electron chi connectivity index (χ1n) is 6.95. The fourth-order valence-electron chi connectivity index (χ4n) is 2.03. The molecule has 22 heavy (non-hydrogen) atoms. The molecule has 1 heterocycles. The summed E-state index contributed by atoms with van der Waals surface area (Å²) in [5.41, 5.74) is 2.91. The Morgan fingerprint density at radius 1 is 1.05 bits per heavy atom. The van der Waals surface area contributed by atoms with Gasteiger partial charge in [0.15, 0.2) is 0 Å². The fraction of sp³-hybridized carbons (Fsp3) is 0.118.